The number of benzene rings is 1. The molecule has 2 rings (SSSR count). The van der Waals surface area contributed by atoms with Crippen molar-refractivity contribution in [2.24, 2.45) is 5.73 Å². The fourth-order valence-corrected chi connectivity index (χ4v) is 2.57. The Morgan fingerprint density at radius 3 is 3.00 bits per heavy atom. The van der Waals surface area contributed by atoms with Crippen LogP contribution >= 0.6 is 28.1 Å². The molecular formula is C13H15BrN2O2S. The van der Waals surface area contributed by atoms with E-state index in [4.69, 9.17) is 22.7 Å². The van der Waals surface area contributed by atoms with Crippen LogP contribution in [0.1, 0.15) is 24.8 Å². The van der Waals surface area contributed by atoms with E-state index in [0.29, 0.717) is 17.7 Å². The molecule has 0 radical (unpaired) electrons. The number of carbonyl (C=O) groups is 1. The Hall–Kier alpha value is -0.980. The van der Waals surface area contributed by atoms with Gasteiger partial charge in [-0.1, -0.05) is 28.1 Å². The molecule has 19 heavy (non-hydrogen) atoms. The molecule has 1 saturated heterocycles. The van der Waals surface area contributed by atoms with E-state index < -0.39 is 0 Å². The first-order valence-corrected chi connectivity index (χ1v) is 7.27. The van der Waals surface area contributed by atoms with Crippen molar-refractivity contribution in [2.75, 3.05) is 11.9 Å². The quantitative estimate of drug-likeness (QED) is 0.825. The summed E-state index contributed by atoms with van der Waals surface area (Å²) in [6, 6.07) is 5.42. The van der Waals surface area contributed by atoms with Crippen LogP contribution in [0.25, 0.3) is 0 Å². The van der Waals surface area contributed by atoms with Gasteiger partial charge in [0.05, 0.1) is 18.2 Å². The van der Waals surface area contributed by atoms with Gasteiger partial charge in [-0.25, -0.2) is 0 Å². The molecule has 1 heterocycles. The smallest absolute Gasteiger partial charge is 0.227 e. The predicted octanol–water partition coefficient (Wildman–Crippen LogP) is 2.59. The Morgan fingerprint density at radius 1 is 1.58 bits per heavy atom. The van der Waals surface area contributed by atoms with E-state index in [1.807, 2.05) is 6.07 Å². The second kappa shape index (κ2) is 6.45. The lowest BCUT2D eigenvalue weighted by Gasteiger charge is -2.13. The molecule has 1 atom stereocenters. The molecule has 0 spiro atoms. The highest BCUT2D eigenvalue weighted by Gasteiger charge is 2.19. The maximum absolute atomic E-state index is 11.9. The predicted molar refractivity (Wildman–Crippen MR) is 82.3 cm³/mol. The fraction of sp³-hybridized carbons (Fsp3) is 0.385. The number of carbonyl (C=O) groups excluding carboxylic acids is 1. The number of nitrogens with one attached hydrogen (secondary N) is 1. The summed E-state index contributed by atoms with van der Waals surface area (Å²) in [4.78, 5) is 12.2. The number of amides is 1. The molecule has 3 N–H and O–H groups in total. The Bertz CT molecular complexity index is 501. The van der Waals surface area contributed by atoms with Gasteiger partial charge in [0.25, 0.3) is 0 Å². The van der Waals surface area contributed by atoms with Gasteiger partial charge < -0.3 is 15.8 Å². The van der Waals surface area contributed by atoms with E-state index in [0.717, 1.165) is 23.9 Å². The maximum Gasteiger partial charge on any atom is 0.227 e. The lowest BCUT2D eigenvalue weighted by Crippen LogP contribution is -2.21. The number of thiocarbonyl (C=S) groups is 1. The molecule has 1 aliphatic heterocycles. The van der Waals surface area contributed by atoms with E-state index in [2.05, 4.69) is 21.2 Å². The van der Waals surface area contributed by atoms with Gasteiger partial charge in [0.2, 0.25) is 5.91 Å². The zero-order chi connectivity index (χ0) is 13.8. The van der Waals surface area contributed by atoms with Gasteiger partial charge in [-0.15, -0.1) is 0 Å². The van der Waals surface area contributed by atoms with Crippen LogP contribution in [0, 0.1) is 0 Å². The number of anilines is 1. The van der Waals surface area contributed by atoms with Crippen molar-refractivity contribution in [2.45, 2.75) is 25.4 Å². The average Bonchev–Trinajstić information content (AvgIpc) is 2.83. The molecule has 1 fully saturated rings. The van der Waals surface area contributed by atoms with Crippen LogP contribution in [0.2, 0.25) is 0 Å². The Kier molecular flexibility index (Phi) is 4.90. The number of rotatable bonds is 4. The largest absolute Gasteiger partial charge is 0.389 e. The first-order valence-electron chi connectivity index (χ1n) is 6.07. The summed E-state index contributed by atoms with van der Waals surface area (Å²) in [7, 11) is 0. The standard InChI is InChI=1S/C13H15BrN2O2S/c14-8-3-4-11(10(6-8)13(15)19)16-12(17)7-9-2-1-5-18-9/h3-4,6,9H,1-2,5,7H2,(H2,15,19)(H,16,17). The summed E-state index contributed by atoms with van der Waals surface area (Å²) in [5.41, 5.74) is 6.95. The van der Waals surface area contributed by atoms with Gasteiger partial charge in [0, 0.05) is 16.6 Å². The Balaban J connectivity index is 2.05. The molecule has 1 aromatic rings. The van der Waals surface area contributed by atoms with Crippen LogP contribution in [0.3, 0.4) is 0 Å². The fourth-order valence-electron chi connectivity index (χ4n) is 2.04. The van der Waals surface area contributed by atoms with Crippen molar-refractivity contribution < 1.29 is 9.53 Å². The molecule has 1 aliphatic rings. The summed E-state index contributed by atoms with van der Waals surface area (Å²) < 4.78 is 6.31. The van der Waals surface area contributed by atoms with E-state index in [1.54, 1.807) is 12.1 Å². The highest BCUT2D eigenvalue weighted by Crippen LogP contribution is 2.22. The molecular weight excluding hydrogens is 328 g/mol. The van der Waals surface area contributed by atoms with Crippen molar-refractivity contribution in [3.05, 3.63) is 28.2 Å². The van der Waals surface area contributed by atoms with E-state index >= 15 is 0 Å². The highest BCUT2D eigenvalue weighted by molar-refractivity contribution is 9.10. The lowest BCUT2D eigenvalue weighted by molar-refractivity contribution is -0.118. The minimum Gasteiger partial charge on any atom is -0.389 e. The average molecular weight is 343 g/mol. The summed E-state index contributed by atoms with van der Waals surface area (Å²) in [6.45, 7) is 0.744. The third-order valence-corrected chi connectivity index (χ3v) is 3.67. The second-order valence-corrected chi connectivity index (χ2v) is 5.80. The molecule has 1 unspecified atom stereocenters. The minimum atomic E-state index is -0.0771. The lowest BCUT2D eigenvalue weighted by atomic mass is 10.1. The molecule has 1 amide bonds. The van der Waals surface area contributed by atoms with Crippen LogP contribution in [-0.4, -0.2) is 23.6 Å². The number of hydrogen-bond acceptors (Lipinski definition) is 3. The Labute approximate surface area is 125 Å². The van der Waals surface area contributed by atoms with Crippen molar-refractivity contribution in [3.8, 4) is 0 Å². The number of ether oxygens (including phenoxy) is 1. The normalized spacial score (nSPS) is 18.3. The van der Waals surface area contributed by atoms with Crippen LogP contribution in [0.15, 0.2) is 22.7 Å². The Morgan fingerprint density at radius 2 is 2.37 bits per heavy atom. The topological polar surface area (TPSA) is 64.3 Å². The zero-order valence-corrected chi connectivity index (χ0v) is 12.7. The molecule has 1 aromatic carbocycles. The number of halogens is 1. The maximum atomic E-state index is 11.9. The van der Waals surface area contributed by atoms with E-state index in [1.165, 1.54) is 0 Å². The SMILES string of the molecule is NC(=S)c1cc(Br)ccc1NC(=O)CC1CCCO1. The van der Waals surface area contributed by atoms with Gasteiger partial charge in [-0.2, -0.15) is 0 Å². The van der Waals surface area contributed by atoms with Gasteiger partial charge in [-0.3, -0.25) is 4.79 Å². The highest BCUT2D eigenvalue weighted by atomic mass is 79.9. The molecule has 0 saturated carbocycles. The molecule has 0 aromatic heterocycles. The summed E-state index contributed by atoms with van der Waals surface area (Å²) in [6.07, 6.45) is 2.36. The minimum absolute atomic E-state index is 0.0312. The van der Waals surface area contributed by atoms with Gasteiger partial charge in [0.1, 0.15) is 4.99 Å². The van der Waals surface area contributed by atoms with Gasteiger partial charge in [-0.05, 0) is 31.0 Å². The van der Waals surface area contributed by atoms with Crippen LogP contribution in [0.5, 0.6) is 0 Å². The van der Waals surface area contributed by atoms with Crippen molar-refractivity contribution in [1.29, 1.82) is 0 Å². The van der Waals surface area contributed by atoms with Crippen LogP contribution in [-0.2, 0) is 9.53 Å². The van der Waals surface area contributed by atoms with E-state index in [-0.39, 0.29) is 17.0 Å². The molecule has 6 heteroatoms. The first kappa shape index (κ1) is 14.4. The molecule has 102 valence electrons. The van der Waals surface area contributed by atoms with Gasteiger partial charge in [0.15, 0.2) is 0 Å². The van der Waals surface area contributed by atoms with Crippen molar-refractivity contribution in [3.63, 3.8) is 0 Å². The first-order chi connectivity index (χ1) is 9.06. The van der Waals surface area contributed by atoms with Crippen LogP contribution in [0.4, 0.5) is 5.69 Å². The summed E-state index contributed by atoms with van der Waals surface area (Å²) >= 11 is 8.34. The number of hydrogen-bond donors (Lipinski definition) is 2. The number of nitrogens with two attached hydrogens (primary N) is 1. The second-order valence-electron chi connectivity index (χ2n) is 4.44. The van der Waals surface area contributed by atoms with Crippen molar-refractivity contribution in [1.82, 2.24) is 0 Å². The summed E-state index contributed by atoms with van der Waals surface area (Å²) in [5.74, 6) is -0.0771. The third-order valence-electron chi connectivity index (χ3n) is 2.96. The third kappa shape index (κ3) is 3.99. The zero-order valence-electron chi connectivity index (χ0n) is 10.3. The van der Waals surface area contributed by atoms with Crippen molar-refractivity contribution >= 4 is 44.7 Å². The molecule has 0 bridgehead atoms. The van der Waals surface area contributed by atoms with E-state index in [9.17, 15) is 4.79 Å². The molecule has 4 nitrogen and oxygen atoms in total. The van der Waals surface area contributed by atoms with Gasteiger partial charge >= 0.3 is 0 Å². The monoisotopic (exact) mass is 342 g/mol. The molecule has 0 aliphatic carbocycles. The van der Waals surface area contributed by atoms with Crippen LogP contribution < -0.4 is 11.1 Å². The summed E-state index contributed by atoms with van der Waals surface area (Å²) in [5, 5.41) is 2.84.